The molecule has 1 aromatic carbocycles. The number of carbonyl (C=O) groups is 1. The monoisotopic (exact) mass is 279 g/mol. The SMILES string of the molecule is CNC(C)(CSc1nc2ccccc2[nH]1)C(=O)OC. The summed E-state index contributed by atoms with van der Waals surface area (Å²) in [5.41, 5.74) is 1.20. The summed E-state index contributed by atoms with van der Waals surface area (Å²) in [7, 11) is 3.14. The fourth-order valence-corrected chi connectivity index (χ4v) is 2.70. The van der Waals surface area contributed by atoms with Crippen molar-refractivity contribution in [3.8, 4) is 0 Å². The van der Waals surface area contributed by atoms with E-state index in [-0.39, 0.29) is 5.97 Å². The van der Waals surface area contributed by atoms with Gasteiger partial charge in [-0.3, -0.25) is 4.79 Å². The highest BCUT2D eigenvalue weighted by Crippen LogP contribution is 2.23. The number of hydrogen-bond donors (Lipinski definition) is 2. The van der Waals surface area contributed by atoms with E-state index in [1.165, 1.54) is 18.9 Å². The Morgan fingerprint density at radius 2 is 2.26 bits per heavy atom. The Morgan fingerprint density at radius 3 is 2.89 bits per heavy atom. The van der Waals surface area contributed by atoms with Crippen molar-refractivity contribution >= 4 is 28.8 Å². The molecular formula is C13H17N3O2S. The molecule has 19 heavy (non-hydrogen) atoms. The van der Waals surface area contributed by atoms with Gasteiger partial charge in [0.1, 0.15) is 5.54 Å². The van der Waals surface area contributed by atoms with Gasteiger partial charge < -0.3 is 15.0 Å². The van der Waals surface area contributed by atoms with E-state index < -0.39 is 5.54 Å². The van der Waals surface area contributed by atoms with E-state index in [2.05, 4.69) is 15.3 Å². The van der Waals surface area contributed by atoms with Gasteiger partial charge in [-0.25, -0.2) is 4.98 Å². The number of ether oxygens (including phenoxy) is 1. The summed E-state index contributed by atoms with van der Waals surface area (Å²) in [4.78, 5) is 19.4. The predicted octanol–water partition coefficient (Wildman–Crippen LogP) is 1.81. The molecule has 0 spiro atoms. The number of carbonyl (C=O) groups excluding carboxylic acids is 1. The van der Waals surface area contributed by atoms with Crippen LogP contribution >= 0.6 is 11.8 Å². The molecule has 0 amide bonds. The van der Waals surface area contributed by atoms with Crippen molar-refractivity contribution in [2.45, 2.75) is 17.6 Å². The molecule has 0 fully saturated rings. The average Bonchev–Trinajstić information content (AvgIpc) is 2.86. The molecule has 0 saturated heterocycles. The summed E-state index contributed by atoms with van der Waals surface area (Å²) < 4.78 is 4.81. The van der Waals surface area contributed by atoms with Gasteiger partial charge in [-0.2, -0.15) is 0 Å². The maximum absolute atomic E-state index is 11.7. The van der Waals surface area contributed by atoms with Crippen LogP contribution in [0.25, 0.3) is 11.0 Å². The summed E-state index contributed by atoms with van der Waals surface area (Å²) in [6, 6.07) is 7.84. The van der Waals surface area contributed by atoms with E-state index in [4.69, 9.17) is 4.74 Å². The van der Waals surface area contributed by atoms with Crippen LogP contribution in [0.3, 0.4) is 0 Å². The van der Waals surface area contributed by atoms with Crippen LogP contribution in [0.4, 0.5) is 0 Å². The van der Waals surface area contributed by atoms with Crippen molar-refractivity contribution in [1.82, 2.24) is 15.3 Å². The zero-order valence-corrected chi connectivity index (χ0v) is 12.0. The van der Waals surface area contributed by atoms with Crippen LogP contribution in [0.1, 0.15) is 6.92 Å². The van der Waals surface area contributed by atoms with Gasteiger partial charge in [-0.05, 0) is 26.1 Å². The van der Waals surface area contributed by atoms with Crippen molar-refractivity contribution in [3.63, 3.8) is 0 Å². The second-order valence-corrected chi connectivity index (χ2v) is 5.39. The number of fused-ring (bicyclic) bond motifs is 1. The number of methoxy groups -OCH3 is 1. The Morgan fingerprint density at radius 1 is 1.53 bits per heavy atom. The first-order chi connectivity index (χ1) is 9.09. The standard InChI is InChI=1S/C13H17N3O2S/c1-13(14-2,11(17)18-3)8-19-12-15-9-6-4-5-7-10(9)16-12/h4-7,14H,8H2,1-3H3,(H,15,16). The van der Waals surface area contributed by atoms with E-state index >= 15 is 0 Å². The van der Waals surface area contributed by atoms with Crippen LogP contribution < -0.4 is 5.32 Å². The molecule has 2 N–H and O–H groups in total. The number of aromatic nitrogens is 2. The van der Waals surface area contributed by atoms with Crippen LogP contribution in [0.2, 0.25) is 0 Å². The molecule has 0 radical (unpaired) electrons. The minimum Gasteiger partial charge on any atom is -0.468 e. The second kappa shape index (κ2) is 5.63. The van der Waals surface area contributed by atoms with E-state index in [9.17, 15) is 4.79 Å². The highest BCUT2D eigenvalue weighted by atomic mass is 32.2. The maximum atomic E-state index is 11.7. The molecule has 0 bridgehead atoms. The average molecular weight is 279 g/mol. The maximum Gasteiger partial charge on any atom is 0.326 e. The van der Waals surface area contributed by atoms with Crippen LogP contribution in [0, 0.1) is 0 Å². The molecule has 102 valence electrons. The van der Waals surface area contributed by atoms with Crippen molar-refractivity contribution < 1.29 is 9.53 Å². The summed E-state index contributed by atoms with van der Waals surface area (Å²) >= 11 is 1.49. The number of benzene rings is 1. The molecule has 1 unspecified atom stereocenters. The van der Waals surface area contributed by atoms with Crippen LogP contribution in [0.5, 0.6) is 0 Å². The number of imidazole rings is 1. The Labute approximate surface area is 116 Å². The highest BCUT2D eigenvalue weighted by molar-refractivity contribution is 7.99. The number of rotatable bonds is 5. The van der Waals surface area contributed by atoms with Crippen molar-refractivity contribution in [3.05, 3.63) is 24.3 Å². The zero-order chi connectivity index (χ0) is 13.9. The third kappa shape index (κ3) is 2.90. The lowest BCUT2D eigenvalue weighted by molar-refractivity contribution is -0.146. The minimum atomic E-state index is -0.724. The number of nitrogens with one attached hydrogen (secondary N) is 2. The molecular weight excluding hydrogens is 262 g/mol. The highest BCUT2D eigenvalue weighted by Gasteiger charge is 2.32. The van der Waals surface area contributed by atoms with E-state index in [1.54, 1.807) is 7.05 Å². The summed E-state index contributed by atoms with van der Waals surface area (Å²) in [6.07, 6.45) is 0. The number of likely N-dealkylation sites (N-methyl/N-ethyl adjacent to an activating group) is 1. The summed E-state index contributed by atoms with van der Waals surface area (Å²) in [5.74, 6) is 0.259. The normalized spacial score (nSPS) is 14.3. The molecule has 0 saturated carbocycles. The third-order valence-electron chi connectivity index (χ3n) is 3.05. The van der Waals surface area contributed by atoms with Gasteiger partial charge >= 0.3 is 5.97 Å². The van der Waals surface area contributed by atoms with Crippen molar-refractivity contribution in [2.24, 2.45) is 0 Å². The largest absolute Gasteiger partial charge is 0.468 e. The number of para-hydroxylation sites is 2. The van der Waals surface area contributed by atoms with Crippen LogP contribution in [0.15, 0.2) is 29.4 Å². The lowest BCUT2D eigenvalue weighted by atomic mass is 10.1. The van der Waals surface area contributed by atoms with Crippen molar-refractivity contribution in [1.29, 1.82) is 0 Å². The number of esters is 1. The molecule has 2 aromatic rings. The van der Waals surface area contributed by atoms with E-state index in [0.717, 1.165) is 16.2 Å². The van der Waals surface area contributed by atoms with Gasteiger partial charge in [0, 0.05) is 5.75 Å². The predicted molar refractivity (Wildman–Crippen MR) is 76.3 cm³/mol. The van der Waals surface area contributed by atoms with Gasteiger partial charge in [0.05, 0.1) is 18.1 Å². The molecule has 0 aliphatic heterocycles. The fraction of sp³-hybridized carbons (Fsp3) is 0.385. The number of thioether (sulfide) groups is 1. The van der Waals surface area contributed by atoms with Gasteiger partial charge in [0.25, 0.3) is 0 Å². The smallest absolute Gasteiger partial charge is 0.326 e. The van der Waals surface area contributed by atoms with E-state index in [0.29, 0.717) is 5.75 Å². The van der Waals surface area contributed by atoms with Crippen molar-refractivity contribution in [2.75, 3.05) is 19.9 Å². The van der Waals surface area contributed by atoms with Gasteiger partial charge in [-0.1, -0.05) is 23.9 Å². The first kappa shape index (κ1) is 13.9. The molecule has 5 nitrogen and oxygen atoms in total. The van der Waals surface area contributed by atoms with Crippen LogP contribution in [-0.4, -0.2) is 41.4 Å². The van der Waals surface area contributed by atoms with Crippen LogP contribution in [-0.2, 0) is 9.53 Å². The van der Waals surface area contributed by atoms with Gasteiger partial charge in [-0.15, -0.1) is 0 Å². The quantitative estimate of drug-likeness (QED) is 0.645. The molecule has 2 rings (SSSR count). The van der Waals surface area contributed by atoms with E-state index in [1.807, 2.05) is 31.2 Å². The number of hydrogen-bond acceptors (Lipinski definition) is 5. The Balaban J connectivity index is 2.11. The zero-order valence-electron chi connectivity index (χ0n) is 11.2. The molecule has 1 aromatic heterocycles. The third-order valence-corrected chi connectivity index (χ3v) is 4.24. The van der Waals surface area contributed by atoms with Gasteiger partial charge in [0.15, 0.2) is 5.16 Å². The first-order valence-electron chi connectivity index (χ1n) is 5.94. The summed E-state index contributed by atoms with van der Waals surface area (Å²) in [5, 5.41) is 3.79. The molecule has 1 atom stereocenters. The Bertz CT molecular complexity index is 551. The number of nitrogens with zero attached hydrogens (tertiary/aromatic N) is 1. The topological polar surface area (TPSA) is 67.0 Å². The lowest BCUT2D eigenvalue weighted by Gasteiger charge is -2.24. The molecule has 0 aliphatic rings. The Hall–Kier alpha value is -1.53. The second-order valence-electron chi connectivity index (χ2n) is 4.42. The Kier molecular flexibility index (Phi) is 4.11. The molecule has 1 heterocycles. The number of H-pyrrole nitrogens is 1. The van der Waals surface area contributed by atoms with Gasteiger partial charge in [0.2, 0.25) is 0 Å². The lowest BCUT2D eigenvalue weighted by Crippen LogP contribution is -2.50. The number of aromatic amines is 1. The fourth-order valence-electron chi connectivity index (χ4n) is 1.67. The minimum absolute atomic E-state index is 0.279. The first-order valence-corrected chi connectivity index (χ1v) is 6.92. The molecule has 6 heteroatoms. The summed E-state index contributed by atoms with van der Waals surface area (Å²) in [6.45, 7) is 1.81. The molecule has 0 aliphatic carbocycles.